The molecule has 1 saturated carbocycles. The first-order chi connectivity index (χ1) is 38.3. The Hall–Kier alpha value is -5.72. The smallest absolute Gasteiger partial charge is 0.550 e. The number of halogens is 2. The van der Waals surface area contributed by atoms with Crippen molar-refractivity contribution in [1.82, 2.24) is 30.2 Å². The summed E-state index contributed by atoms with van der Waals surface area (Å²) >= 11 is 6.16. The minimum atomic E-state index is -1.31. The molecule has 5 aliphatic rings. The molecule has 5 heterocycles. The first kappa shape index (κ1) is 61.9. The third-order valence-corrected chi connectivity index (χ3v) is 16.4. The predicted octanol–water partition coefficient (Wildman–Crippen LogP) is 4.13. The Morgan fingerprint density at radius 2 is 1.36 bits per heavy atom. The Morgan fingerprint density at radius 1 is 0.738 bits per heavy atom. The average Bonchev–Trinajstić information content (AvgIpc) is 3.75. The van der Waals surface area contributed by atoms with E-state index in [4.69, 9.17) is 26.3 Å². The zero-order valence-electron chi connectivity index (χ0n) is 46.0. The van der Waals surface area contributed by atoms with Crippen molar-refractivity contribution in [2.45, 2.75) is 159 Å². The molecule has 0 spiro atoms. The molecule has 3 saturated heterocycles. The number of carbonyl (C=O) groups is 7. The number of carboxylic acid groups (broad SMARTS) is 1. The summed E-state index contributed by atoms with van der Waals surface area (Å²) < 4.78 is 27.3. The summed E-state index contributed by atoms with van der Waals surface area (Å²) in [5.41, 5.74) is 0.713. The van der Waals surface area contributed by atoms with E-state index in [0.29, 0.717) is 61.3 Å². The Balaban J connectivity index is 0.00000924. The summed E-state index contributed by atoms with van der Waals surface area (Å²) in [6.07, 6.45) is 16.6. The second-order valence-electron chi connectivity index (χ2n) is 21.6. The summed E-state index contributed by atoms with van der Waals surface area (Å²) in [5.74, 6) is -3.64. The number of carbonyl (C=O) groups excluding carboxylic acids is 7. The van der Waals surface area contributed by atoms with Crippen LogP contribution in [-0.2, 0) is 23.9 Å². The van der Waals surface area contributed by atoms with Crippen molar-refractivity contribution in [1.29, 1.82) is 5.26 Å². The van der Waals surface area contributed by atoms with Crippen molar-refractivity contribution in [3.63, 3.8) is 0 Å². The zero-order valence-corrected chi connectivity index (χ0v) is 48.7. The number of aromatic nitrogens is 2. The Bertz CT molecular complexity index is 2710. The van der Waals surface area contributed by atoms with Crippen LogP contribution < -0.4 is 54.5 Å². The summed E-state index contributed by atoms with van der Waals surface area (Å²) in [6, 6.07) is 11.8. The molecule has 8 rings (SSSR count). The second-order valence-corrected chi connectivity index (χ2v) is 22.0. The predicted molar refractivity (Wildman–Crippen MR) is 288 cm³/mol. The van der Waals surface area contributed by atoms with Gasteiger partial charge in [-0.05, 0) is 107 Å². The first-order valence-electron chi connectivity index (χ1n) is 28.4. The number of esters is 1. The Morgan fingerprint density at radius 3 is 1.96 bits per heavy atom. The molecule has 19 nitrogen and oxygen atoms in total. The third kappa shape index (κ3) is 16.7. The summed E-state index contributed by atoms with van der Waals surface area (Å²) in [7, 11) is 0. The molecule has 4 aliphatic heterocycles. The van der Waals surface area contributed by atoms with Gasteiger partial charge in [0.15, 0.2) is 18.2 Å². The van der Waals surface area contributed by atoms with Crippen LogP contribution >= 0.6 is 11.6 Å². The first-order valence-corrected chi connectivity index (χ1v) is 28.8. The number of nitrogens with zero attached hydrogens (tertiary/aromatic N) is 8. The molecule has 5 amide bonds. The summed E-state index contributed by atoms with van der Waals surface area (Å²) in [4.78, 5) is 98.3. The van der Waals surface area contributed by atoms with Crippen molar-refractivity contribution < 1.29 is 82.1 Å². The van der Waals surface area contributed by atoms with Gasteiger partial charge in [-0.3, -0.25) is 38.6 Å². The molecular weight excluding hydrogens is 1060 g/mol. The van der Waals surface area contributed by atoms with Crippen molar-refractivity contribution in [3.05, 3.63) is 75.7 Å². The number of unbranched alkanes of at least 4 members (excludes halogenated alkanes) is 11. The number of nitrogens with one attached hydrogen (secondary N) is 1. The van der Waals surface area contributed by atoms with Crippen LogP contribution in [-0.4, -0.2) is 137 Å². The van der Waals surface area contributed by atoms with Crippen LogP contribution in [0.15, 0.2) is 42.5 Å². The van der Waals surface area contributed by atoms with Crippen LogP contribution in [0.5, 0.6) is 5.75 Å². The standard InChI is InChI=1S/C58H73ClFN9O10.Na/c59-46-33-43(18-15-40(46)36-61)79-42-19-16-41(17-20-42)62-55(74)48-21-23-51(64-63-48)67-27-25-39(26-28-67)37-65-29-31-66(32-30-65)50-35-45-44(34-47(50)60)56(75)69(57(45)76)49-22-24-52(70)68(58(49)77)38-78-54(73)14-12-10-8-6-4-2-1-3-5-7-9-11-13-53(71)72;/h15,18,21,23,33-35,39,41-42,49H,1-14,16-17,19-20,22,24-32,37-38H2,(H,62,74)(H,71,72);/q;+1/p-1. The van der Waals surface area contributed by atoms with Crippen LogP contribution in [0.4, 0.5) is 15.9 Å². The van der Waals surface area contributed by atoms with E-state index in [9.17, 15) is 38.7 Å². The number of ether oxygens (including phenoxy) is 2. The van der Waals surface area contributed by atoms with Crippen molar-refractivity contribution in [3.8, 4) is 11.8 Å². The molecule has 1 unspecified atom stereocenters. The largest absolute Gasteiger partial charge is 1.00 e. The average molecular weight is 1130 g/mol. The number of piperidine rings is 2. The van der Waals surface area contributed by atoms with Gasteiger partial charge in [0.1, 0.15) is 23.7 Å². The SMILES string of the molecule is N#Cc1ccc(OC2CCC(NC(=O)c3ccc(N4CCC(CN5CCN(c6cc7c(cc6F)C(=O)N(C6CCC(=O)N(COC(=O)CCCCCCCCCCCCCCC(=O)[O-])C6=O)C7=O)CC5)CC4)nn3)CC2)cc1Cl.[Na+]. The van der Waals surface area contributed by atoms with Gasteiger partial charge in [0.2, 0.25) is 5.91 Å². The number of aliphatic carboxylic acids is 1. The zero-order chi connectivity index (χ0) is 55.8. The van der Waals surface area contributed by atoms with E-state index in [-0.39, 0.29) is 95.8 Å². The van der Waals surface area contributed by atoms with E-state index in [1.165, 1.54) is 6.07 Å². The molecule has 4 fully saturated rings. The molecule has 1 N–H and O–H groups in total. The number of imide groups is 2. The number of benzene rings is 2. The number of amides is 5. The van der Waals surface area contributed by atoms with Gasteiger partial charge in [-0.15, -0.1) is 10.2 Å². The van der Waals surface area contributed by atoms with E-state index < -0.39 is 54.2 Å². The molecule has 1 aromatic heterocycles. The maximum absolute atomic E-state index is 15.9. The summed E-state index contributed by atoms with van der Waals surface area (Å²) in [5, 5.41) is 31.7. The van der Waals surface area contributed by atoms with E-state index in [2.05, 4.69) is 25.3 Å². The van der Waals surface area contributed by atoms with E-state index in [0.717, 1.165) is 144 Å². The number of piperazine rings is 1. The fraction of sp³-hybridized carbons (Fsp3) is 0.586. The number of rotatable bonds is 26. The monoisotopic (exact) mass is 1130 g/mol. The molecule has 0 radical (unpaired) electrons. The van der Waals surface area contributed by atoms with Gasteiger partial charge in [0, 0.05) is 76.7 Å². The van der Waals surface area contributed by atoms with Crippen molar-refractivity contribution in [2.75, 3.05) is 62.3 Å². The number of carboxylic acids is 1. The van der Waals surface area contributed by atoms with Crippen LogP contribution in [0.2, 0.25) is 5.02 Å². The van der Waals surface area contributed by atoms with Crippen molar-refractivity contribution in [2.24, 2.45) is 5.92 Å². The van der Waals surface area contributed by atoms with Crippen LogP contribution in [0.25, 0.3) is 0 Å². The van der Waals surface area contributed by atoms with Gasteiger partial charge in [-0.2, -0.15) is 5.26 Å². The number of likely N-dealkylation sites (tertiary alicyclic amines) is 1. The molecule has 2 aromatic carbocycles. The van der Waals surface area contributed by atoms with Crippen molar-refractivity contribution >= 4 is 64.6 Å². The quantitative estimate of drug-likeness (QED) is 0.0515. The Kier molecular flexibility index (Phi) is 23.5. The molecule has 1 atom stereocenters. The molecule has 1 aliphatic carbocycles. The molecule has 424 valence electrons. The minimum Gasteiger partial charge on any atom is -0.550 e. The topological polar surface area (TPSA) is 239 Å². The number of hydrogen-bond donors (Lipinski definition) is 1. The fourth-order valence-corrected chi connectivity index (χ4v) is 11.7. The molecule has 80 heavy (non-hydrogen) atoms. The number of nitriles is 1. The number of anilines is 2. The number of fused-ring (bicyclic) bond motifs is 1. The number of hydrogen-bond acceptors (Lipinski definition) is 16. The van der Waals surface area contributed by atoms with Gasteiger partial charge < -0.3 is 34.5 Å². The van der Waals surface area contributed by atoms with Gasteiger partial charge in [0.05, 0.1) is 33.5 Å². The van der Waals surface area contributed by atoms with Crippen LogP contribution in [0.1, 0.15) is 178 Å². The van der Waals surface area contributed by atoms with Crippen LogP contribution in [0.3, 0.4) is 0 Å². The molecule has 3 aromatic rings. The Labute approximate surface area is 494 Å². The maximum Gasteiger partial charge on any atom is 1.00 e. The second kappa shape index (κ2) is 30.4. The molecular formula is C58H72ClFN9NaO10. The van der Waals surface area contributed by atoms with Gasteiger partial charge in [-0.25, -0.2) is 9.29 Å². The van der Waals surface area contributed by atoms with Crippen LogP contribution in [0, 0.1) is 23.1 Å². The molecule has 0 bridgehead atoms. The maximum atomic E-state index is 15.9. The minimum absolute atomic E-state index is 0. The third-order valence-electron chi connectivity index (χ3n) is 16.1. The normalized spacial score (nSPS) is 19.8. The fourth-order valence-electron chi connectivity index (χ4n) is 11.4. The van der Waals surface area contributed by atoms with Gasteiger partial charge >= 0.3 is 35.5 Å². The molecule has 22 heteroatoms. The van der Waals surface area contributed by atoms with E-state index >= 15 is 4.39 Å². The summed E-state index contributed by atoms with van der Waals surface area (Å²) in [6.45, 7) is 4.15. The van der Waals surface area contributed by atoms with E-state index in [1.807, 2.05) is 17.0 Å². The van der Waals surface area contributed by atoms with E-state index in [1.54, 1.807) is 24.3 Å². The van der Waals surface area contributed by atoms with Gasteiger partial charge in [-0.1, -0.05) is 75.8 Å². The van der Waals surface area contributed by atoms with Gasteiger partial charge in [0.25, 0.3) is 23.6 Å².